The minimum Gasteiger partial charge on any atom is -0.225 e. The number of hydrogen-bond acceptors (Lipinski definition) is 2. The lowest BCUT2D eigenvalue weighted by Crippen LogP contribution is -2.22. The van der Waals surface area contributed by atoms with Gasteiger partial charge in [-0.15, -0.1) is 0 Å². The third-order valence-electron chi connectivity index (χ3n) is 3.24. The summed E-state index contributed by atoms with van der Waals surface area (Å²) < 4.78 is 37.6. The molecule has 0 saturated heterocycles. The summed E-state index contributed by atoms with van der Waals surface area (Å²) in [6.07, 6.45) is 0. The van der Waals surface area contributed by atoms with Crippen molar-refractivity contribution >= 4 is 10.0 Å². The molecular formula is C16H18FNO2S. The lowest BCUT2D eigenvalue weighted by molar-refractivity contribution is 0.562. The second-order valence-corrected chi connectivity index (χ2v) is 7.49. The molecule has 112 valence electrons. The second kappa shape index (κ2) is 5.24. The molecule has 0 saturated carbocycles. The first-order valence-corrected chi connectivity index (χ1v) is 8.07. The van der Waals surface area contributed by atoms with Crippen LogP contribution in [0.2, 0.25) is 0 Å². The number of hydrogen-bond donors (Lipinski definition) is 1. The van der Waals surface area contributed by atoms with Crippen molar-refractivity contribution in [3.63, 3.8) is 0 Å². The molecular weight excluding hydrogens is 289 g/mol. The Morgan fingerprint density at radius 3 is 2.19 bits per heavy atom. The highest BCUT2D eigenvalue weighted by Gasteiger charge is 2.26. The molecule has 0 spiro atoms. The van der Waals surface area contributed by atoms with Crippen molar-refractivity contribution in [2.45, 2.75) is 31.1 Å². The molecule has 0 atom stereocenters. The normalized spacial score (nSPS) is 12.4. The maximum atomic E-state index is 13.4. The molecule has 0 unspecified atom stereocenters. The molecule has 0 aliphatic heterocycles. The van der Waals surface area contributed by atoms with Gasteiger partial charge < -0.3 is 0 Å². The Hall–Kier alpha value is -1.72. The van der Waals surface area contributed by atoms with Crippen molar-refractivity contribution < 1.29 is 12.8 Å². The largest absolute Gasteiger partial charge is 0.238 e. The van der Waals surface area contributed by atoms with Gasteiger partial charge in [0.15, 0.2) is 0 Å². The van der Waals surface area contributed by atoms with Crippen molar-refractivity contribution in [3.8, 4) is 11.1 Å². The van der Waals surface area contributed by atoms with Crippen LogP contribution in [0.1, 0.15) is 26.3 Å². The van der Waals surface area contributed by atoms with Crippen LogP contribution in [0.15, 0.2) is 47.4 Å². The van der Waals surface area contributed by atoms with E-state index < -0.39 is 21.3 Å². The Morgan fingerprint density at radius 2 is 1.67 bits per heavy atom. The lowest BCUT2D eigenvalue weighted by Gasteiger charge is -2.24. The third-order valence-corrected chi connectivity index (χ3v) is 4.25. The summed E-state index contributed by atoms with van der Waals surface area (Å²) in [4.78, 5) is 0.0584. The molecule has 2 aromatic rings. The molecule has 2 aromatic carbocycles. The maximum absolute atomic E-state index is 13.4. The first-order valence-electron chi connectivity index (χ1n) is 6.53. The predicted molar refractivity (Wildman–Crippen MR) is 81.9 cm³/mol. The van der Waals surface area contributed by atoms with Crippen LogP contribution in [0, 0.1) is 5.82 Å². The van der Waals surface area contributed by atoms with Crippen LogP contribution in [-0.2, 0) is 15.4 Å². The topological polar surface area (TPSA) is 60.2 Å². The molecule has 0 heterocycles. The van der Waals surface area contributed by atoms with Gasteiger partial charge >= 0.3 is 0 Å². The smallest absolute Gasteiger partial charge is 0.225 e. The zero-order valence-corrected chi connectivity index (χ0v) is 13.0. The van der Waals surface area contributed by atoms with Gasteiger partial charge in [0.2, 0.25) is 10.0 Å². The van der Waals surface area contributed by atoms with Crippen LogP contribution < -0.4 is 5.14 Å². The van der Waals surface area contributed by atoms with Gasteiger partial charge in [0.25, 0.3) is 0 Å². The maximum Gasteiger partial charge on any atom is 0.238 e. The molecule has 2 rings (SSSR count). The number of halogens is 1. The van der Waals surface area contributed by atoms with Crippen molar-refractivity contribution in [2.24, 2.45) is 5.14 Å². The highest BCUT2D eigenvalue weighted by molar-refractivity contribution is 7.89. The standard InChI is InChI=1S/C16H18FNO2S/c1-16(2,3)14-9-5-8-13(15(14)21(18,19)20)11-6-4-7-12(17)10-11/h4-10H,1-3H3,(H2,18,19,20). The summed E-state index contributed by atoms with van der Waals surface area (Å²) in [5.41, 5.74) is 1.13. The van der Waals surface area contributed by atoms with Gasteiger partial charge in [-0.25, -0.2) is 17.9 Å². The van der Waals surface area contributed by atoms with E-state index in [1.807, 2.05) is 20.8 Å². The van der Waals surface area contributed by atoms with Gasteiger partial charge in [0.1, 0.15) is 5.82 Å². The van der Waals surface area contributed by atoms with Crippen molar-refractivity contribution in [3.05, 3.63) is 53.8 Å². The first-order chi connectivity index (χ1) is 9.60. The summed E-state index contributed by atoms with van der Waals surface area (Å²) >= 11 is 0. The van der Waals surface area contributed by atoms with E-state index >= 15 is 0 Å². The van der Waals surface area contributed by atoms with Gasteiger partial charge in [-0.3, -0.25) is 0 Å². The average molecular weight is 307 g/mol. The molecule has 0 aromatic heterocycles. The summed E-state index contributed by atoms with van der Waals surface area (Å²) in [7, 11) is -3.93. The molecule has 21 heavy (non-hydrogen) atoms. The number of nitrogens with two attached hydrogens (primary N) is 1. The lowest BCUT2D eigenvalue weighted by atomic mass is 9.85. The minimum atomic E-state index is -3.93. The fourth-order valence-corrected chi connectivity index (χ4v) is 3.49. The molecule has 0 amide bonds. The number of primary sulfonamides is 1. The van der Waals surface area contributed by atoms with Crippen LogP contribution >= 0.6 is 0 Å². The van der Waals surface area contributed by atoms with Crippen LogP contribution in [0.3, 0.4) is 0 Å². The van der Waals surface area contributed by atoms with E-state index in [1.165, 1.54) is 12.1 Å². The third kappa shape index (κ3) is 3.31. The fraction of sp³-hybridized carbons (Fsp3) is 0.250. The van der Waals surface area contributed by atoms with E-state index in [-0.39, 0.29) is 4.90 Å². The van der Waals surface area contributed by atoms with Crippen molar-refractivity contribution in [1.29, 1.82) is 0 Å². The molecule has 0 bridgehead atoms. The van der Waals surface area contributed by atoms with Gasteiger partial charge in [0, 0.05) is 5.56 Å². The molecule has 0 aliphatic carbocycles. The molecule has 0 radical (unpaired) electrons. The van der Waals surface area contributed by atoms with Gasteiger partial charge in [-0.2, -0.15) is 0 Å². The van der Waals surface area contributed by atoms with E-state index in [9.17, 15) is 12.8 Å². The number of sulfonamides is 1. The van der Waals surface area contributed by atoms with Crippen molar-refractivity contribution in [2.75, 3.05) is 0 Å². The minimum absolute atomic E-state index is 0.0584. The summed E-state index contributed by atoms with van der Waals surface area (Å²) in [5.74, 6) is -0.422. The Labute approximate surface area is 124 Å². The molecule has 5 heteroatoms. The summed E-state index contributed by atoms with van der Waals surface area (Å²) in [6, 6.07) is 11.0. The zero-order chi connectivity index (χ0) is 15.8. The van der Waals surface area contributed by atoms with Gasteiger partial charge in [-0.05, 0) is 28.7 Å². The van der Waals surface area contributed by atoms with Gasteiger partial charge in [-0.1, -0.05) is 51.1 Å². The molecule has 3 nitrogen and oxygen atoms in total. The van der Waals surface area contributed by atoms with E-state index in [1.54, 1.807) is 30.3 Å². The van der Waals surface area contributed by atoms with Crippen LogP contribution in [0.5, 0.6) is 0 Å². The van der Waals surface area contributed by atoms with Crippen molar-refractivity contribution in [1.82, 2.24) is 0 Å². The monoisotopic (exact) mass is 307 g/mol. The molecule has 0 fully saturated rings. The predicted octanol–water partition coefficient (Wildman–Crippen LogP) is 3.44. The Morgan fingerprint density at radius 1 is 1.05 bits per heavy atom. The Bertz CT molecular complexity index is 777. The summed E-state index contributed by atoms with van der Waals surface area (Å²) in [5, 5.41) is 5.41. The first kappa shape index (κ1) is 15.7. The number of rotatable bonds is 2. The Kier molecular flexibility index (Phi) is 3.91. The Balaban J connectivity index is 2.85. The molecule has 2 N–H and O–H groups in total. The highest BCUT2D eigenvalue weighted by atomic mass is 32.2. The van der Waals surface area contributed by atoms with Gasteiger partial charge in [0.05, 0.1) is 4.90 Å². The van der Waals surface area contributed by atoms with E-state index in [2.05, 4.69) is 0 Å². The average Bonchev–Trinajstić information content (AvgIpc) is 2.36. The summed E-state index contributed by atoms with van der Waals surface area (Å²) in [6.45, 7) is 5.73. The highest BCUT2D eigenvalue weighted by Crippen LogP contribution is 2.35. The SMILES string of the molecule is CC(C)(C)c1cccc(-c2cccc(F)c2)c1S(N)(=O)=O. The second-order valence-electron chi connectivity index (χ2n) is 5.99. The van der Waals surface area contributed by atoms with Crippen LogP contribution in [0.25, 0.3) is 11.1 Å². The van der Waals surface area contributed by atoms with Crippen LogP contribution in [0.4, 0.5) is 4.39 Å². The quantitative estimate of drug-likeness (QED) is 0.924. The van der Waals surface area contributed by atoms with E-state index in [0.29, 0.717) is 16.7 Å². The molecule has 0 aliphatic rings. The van der Waals surface area contributed by atoms with E-state index in [0.717, 1.165) is 0 Å². The van der Waals surface area contributed by atoms with Crippen LogP contribution in [-0.4, -0.2) is 8.42 Å². The number of benzene rings is 2. The fourth-order valence-electron chi connectivity index (χ4n) is 2.32. The zero-order valence-electron chi connectivity index (χ0n) is 12.2. The van der Waals surface area contributed by atoms with E-state index in [4.69, 9.17) is 5.14 Å².